The molecule has 0 N–H and O–H groups in total. The minimum absolute atomic E-state index is 0.173. The Morgan fingerprint density at radius 3 is 2.48 bits per heavy atom. The molecule has 2 aromatic carbocycles. The molecule has 25 heavy (non-hydrogen) atoms. The van der Waals surface area contributed by atoms with Crippen LogP contribution in [0.2, 0.25) is 0 Å². The van der Waals surface area contributed by atoms with Crippen molar-refractivity contribution in [1.29, 1.82) is 0 Å². The Morgan fingerprint density at radius 2 is 1.76 bits per heavy atom. The van der Waals surface area contributed by atoms with Gasteiger partial charge in [-0.3, -0.25) is 0 Å². The fourth-order valence-electron chi connectivity index (χ4n) is 3.36. The SMILES string of the molecule is CC(=O)[O-].CCc1c2ccccc2cc2[n+]1C(=O)Cc1ccccc1-2. The standard InChI is InChI=1S/C19H16NO.C2H4O2/c1-2-17-15-9-5-3-7-13(15)11-18-16-10-6-4-8-14(16)12-19(21)20(17)18;1-2(3)4/h3-11H,2,12H2,1H3;1H3,(H,3,4)/q+1;/p-1. The number of aryl methyl sites for hydroxylation is 1. The van der Waals surface area contributed by atoms with Crippen LogP contribution in [0.5, 0.6) is 0 Å². The van der Waals surface area contributed by atoms with Crippen molar-refractivity contribution in [3.8, 4) is 11.3 Å². The molecule has 1 aromatic heterocycles. The molecule has 126 valence electrons. The molecular weight excluding hydrogens is 314 g/mol. The molecule has 0 atom stereocenters. The molecule has 0 saturated carbocycles. The van der Waals surface area contributed by atoms with Crippen LogP contribution in [0.15, 0.2) is 54.6 Å². The molecule has 0 aliphatic carbocycles. The van der Waals surface area contributed by atoms with Gasteiger partial charge in [-0.2, -0.15) is 0 Å². The summed E-state index contributed by atoms with van der Waals surface area (Å²) in [7, 11) is 0. The van der Waals surface area contributed by atoms with Crippen molar-refractivity contribution in [1.82, 2.24) is 0 Å². The van der Waals surface area contributed by atoms with Gasteiger partial charge in [-0.25, -0.2) is 4.79 Å². The minimum Gasteiger partial charge on any atom is -0.550 e. The Hall–Kier alpha value is -3.01. The number of fused-ring (bicyclic) bond motifs is 4. The predicted octanol–water partition coefficient (Wildman–Crippen LogP) is 2.31. The van der Waals surface area contributed by atoms with Gasteiger partial charge in [0.15, 0.2) is 5.69 Å². The van der Waals surface area contributed by atoms with Crippen molar-refractivity contribution in [2.45, 2.75) is 26.7 Å². The number of carboxylic acids is 1. The summed E-state index contributed by atoms with van der Waals surface area (Å²) in [5.41, 5.74) is 4.44. The lowest BCUT2D eigenvalue weighted by Crippen LogP contribution is -2.51. The van der Waals surface area contributed by atoms with Gasteiger partial charge in [0, 0.05) is 23.8 Å². The molecule has 4 rings (SSSR count). The zero-order valence-corrected chi connectivity index (χ0v) is 14.3. The van der Waals surface area contributed by atoms with Crippen molar-refractivity contribution < 1.29 is 19.3 Å². The van der Waals surface area contributed by atoms with Gasteiger partial charge < -0.3 is 9.90 Å². The van der Waals surface area contributed by atoms with E-state index in [1.807, 2.05) is 22.8 Å². The van der Waals surface area contributed by atoms with E-state index >= 15 is 0 Å². The average molecular weight is 333 g/mol. The van der Waals surface area contributed by atoms with Crippen molar-refractivity contribution >= 4 is 22.6 Å². The fraction of sp³-hybridized carbons (Fsp3) is 0.190. The highest BCUT2D eigenvalue weighted by atomic mass is 16.4. The summed E-state index contributed by atoms with van der Waals surface area (Å²) < 4.78 is 1.92. The van der Waals surface area contributed by atoms with Gasteiger partial charge in [-0.15, -0.1) is 4.57 Å². The minimum atomic E-state index is -1.08. The van der Waals surface area contributed by atoms with Gasteiger partial charge in [0.1, 0.15) is 6.42 Å². The lowest BCUT2D eigenvalue weighted by Gasteiger charge is -2.16. The second-order valence-electron chi connectivity index (χ2n) is 5.97. The molecule has 4 nitrogen and oxygen atoms in total. The van der Waals surface area contributed by atoms with Crippen LogP contribution in [-0.2, 0) is 17.6 Å². The van der Waals surface area contributed by atoms with Crippen LogP contribution in [0.1, 0.15) is 29.9 Å². The monoisotopic (exact) mass is 333 g/mol. The van der Waals surface area contributed by atoms with E-state index in [9.17, 15) is 4.79 Å². The third-order valence-corrected chi connectivity index (χ3v) is 4.29. The number of nitrogens with zero attached hydrogens (tertiary/aromatic N) is 1. The molecule has 0 amide bonds. The van der Waals surface area contributed by atoms with E-state index in [1.165, 1.54) is 16.3 Å². The Morgan fingerprint density at radius 1 is 1.12 bits per heavy atom. The van der Waals surface area contributed by atoms with E-state index in [0.29, 0.717) is 6.42 Å². The summed E-state index contributed by atoms with van der Waals surface area (Å²) in [6, 6.07) is 18.7. The van der Waals surface area contributed by atoms with Gasteiger partial charge >= 0.3 is 5.91 Å². The van der Waals surface area contributed by atoms with E-state index in [-0.39, 0.29) is 5.91 Å². The van der Waals surface area contributed by atoms with Gasteiger partial charge in [0.25, 0.3) is 0 Å². The molecule has 3 aromatic rings. The number of benzene rings is 2. The number of hydrogen-bond acceptors (Lipinski definition) is 3. The van der Waals surface area contributed by atoms with E-state index < -0.39 is 5.97 Å². The van der Waals surface area contributed by atoms with E-state index in [4.69, 9.17) is 9.90 Å². The number of aromatic nitrogens is 1. The highest BCUT2D eigenvalue weighted by Gasteiger charge is 2.33. The number of carboxylic acid groups (broad SMARTS) is 1. The average Bonchev–Trinajstić information content (AvgIpc) is 2.59. The number of carbonyl (C=O) groups excluding carboxylic acids is 2. The molecule has 0 spiro atoms. The molecule has 1 aliphatic rings. The number of hydrogen-bond donors (Lipinski definition) is 0. The molecule has 1 aliphatic heterocycles. The molecule has 0 fully saturated rings. The van der Waals surface area contributed by atoms with E-state index in [0.717, 1.165) is 30.3 Å². The summed E-state index contributed by atoms with van der Waals surface area (Å²) in [5.74, 6) is -0.911. The Balaban J connectivity index is 0.000000415. The summed E-state index contributed by atoms with van der Waals surface area (Å²) in [4.78, 5) is 21.5. The first kappa shape index (κ1) is 16.8. The zero-order chi connectivity index (χ0) is 18.0. The van der Waals surface area contributed by atoms with Gasteiger partial charge in [-0.05, 0) is 30.0 Å². The van der Waals surface area contributed by atoms with Gasteiger partial charge in [-0.1, -0.05) is 43.3 Å². The molecule has 0 unspecified atom stereocenters. The van der Waals surface area contributed by atoms with Crippen LogP contribution in [0, 0.1) is 0 Å². The number of rotatable bonds is 1. The summed E-state index contributed by atoms with van der Waals surface area (Å²) >= 11 is 0. The first-order valence-corrected chi connectivity index (χ1v) is 8.28. The number of pyridine rings is 1. The van der Waals surface area contributed by atoms with Crippen LogP contribution in [0.25, 0.3) is 22.0 Å². The van der Waals surface area contributed by atoms with Crippen LogP contribution in [0.4, 0.5) is 0 Å². The van der Waals surface area contributed by atoms with Crippen molar-refractivity contribution in [2.24, 2.45) is 0 Å². The van der Waals surface area contributed by atoms with Crippen LogP contribution < -0.4 is 9.67 Å². The normalized spacial score (nSPS) is 12.0. The Bertz CT molecular complexity index is 972. The molecular formula is C21H19NO3. The summed E-state index contributed by atoms with van der Waals surface area (Å²) in [5, 5.41) is 11.3. The fourth-order valence-corrected chi connectivity index (χ4v) is 3.36. The maximum absolute atomic E-state index is 12.6. The van der Waals surface area contributed by atoms with Crippen molar-refractivity contribution in [3.05, 3.63) is 65.9 Å². The topological polar surface area (TPSA) is 61.1 Å². The maximum atomic E-state index is 12.6. The second kappa shape index (κ2) is 6.85. The summed E-state index contributed by atoms with van der Waals surface area (Å²) in [6.07, 6.45) is 1.33. The van der Waals surface area contributed by atoms with Gasteiger partial charge in [0.2, 0.25) is 5.69 Å². The largest absolute Gasteiger partial charge is 0.550 e. The van der Waals surface area contributed by atoms with Crippen LogP contribution in [-0.4, -0.2) is 11.9 Å². The van der Waals surface area contributed by atoms with Crippen molar-refractivity contribution in [2.75, 3.05) is 0 Å². The van der Waals surface area contributed by atoms with Crippen LogP contribution >= 0.6 is 0 Å². The number of carbonyl (C=O) groups is 2. The smallest absolute Gasteiger partial charge is 0.397 e. The highest BCUT2D eigenvalue weighted by Crippen LogP contribution is 2.29. The van der Waals surface area contributed by atoms with Crippen molar-refractivity contribution in [3.63, 3.8) is 0 Å². The Labute approximate surface area is 146 Å². The zero-order valence-electron chi connectivity index (χ0n) is 14.3. The highest BCUT2D eigenvalue weighted by molar-refractivity contribution is 5.90. The molecule has 4 heteroatoms. The molecule has 0 saturated heterocycles. The maximum Gasteiger partial charge on any atom is 0.397 e. The van der Waals surface area contributed by atoms with E-state index in [2.05, 4.69) is 43.3 Å². The van der Waals surface area contributed by atoms with E-state index in [1.54, 1.807) is 0 Å². The molecule has 0 bridgehead atoms. The summed E-state index contributed by atoms with van der Waals surface area (Å²) in [6.45, 7) is 3.09. The third kappa shape index (κ3) is 3.15. The third-order valence-electron chi connectivity index (χ3n) is 4.29. The van der Waals surface area contributed by atoms with Gasteiger partial charge in [0.05, 0.1) is 5.56 Å². The Kier molecular flexibility index (Phi) is 4.61. The lowest BCUT2D eigenvalue weighted by molar-refractivity contribution is -0.570. The number of aliphatic carboxylic acids is 1. The first-order valence-electron chi connectivity index (χ1n) is 8.28. The predicted molar refractivity (Wildman–Crippen MR) is 94.0 cm³/mol. The lowest BCUT2D eigenvalue weighted by atomic mass is 9.94. The first-order chi connectivity index (χ1) is 12.0. The molecule has 2 heterocycles. The van der Waals surface area contributed by atoms with Crippen LogP contribution in [0.3, 0.4) is 0 Å². The quantitative estimate of drug-likeness (QED) is 0.642. The molecule has 0 radical (unpaired) electrons. The second-order valence-corrected chi connectivity index (χ2v) is 5.97.